The summed E-state index contributed by atoms with van der Waals surface area (Å²) in [7, 11) is 5.02. The highest BCUT2D eigenvalue weighted by molar-refractivity contribution is 6.32. The summed E-state index contributed by atoms with van der Waals surface area (Å²) in [6.07, 6.45) is 1.42. The molecule has 0 aliphatic heterocycles. The largest absolute Gasteiger partial charge is 0.497 e. The second-order valence-electron chi connectivity index (χ2n) is 4.59. The van der Waals surface area contributed by atoms with Crippen LogP contribution in [0, 0.1) is 0 Å². The van der Waals surface area contributed by atoms with E-state index in [0.717, 1.165) is 17.2 Å². The Morgan fingerprint density at radius 2 is 1.65 bits per heavy atom. The molecule has 0 bridgehead atoms. The van der Waals surface area contributed by atoms with Crippen LogP contribution in [0.25, 0.3) is 0 Å². The summed E-state index contributed by atoms with van der Waals surface area (Å²) in [5, 5.41) is 9.87. The molecule has 0 saturated carbocycles. The number of benzene rings is 1. The van der Waals surface area contributed by atoms with Crippen LogP contribution >= 0.6 is 11.6 Å². The zero-order valence-electron chi connectivity index (χ0n) is 13.3. The number of nitrogens with one attached hydrogen (secondary N) is 3. The van der Waals surface area contributed by atoms with Crippen LogP contribution < -0.4 is 25.4 Å². The van der Waals surface area contributed by atoms with E-state index in [-0.39, 0.29) is 0 Å². The summed E-state index contributed by atoms with van der Waals surface area (Å²) in [5.74, 6) is 2.14. The zero-order valence-corrected chi connectivity index (χ0v) is 14.1. The van der Waals surface area contributed by atoms with Crippen molar-refractivity contribution in [3.05, 3.63) is 29.7 Å². The molecule has 1 aromatic heterocycles. The van der Waals surface area contributed by atoms with Gasteiger partial charge in [-0.3, -0.25) is 0 Å². The van der Waals surface area contributed by atoms with Crippen molar-refractivity contribution in [3.8, 4) is 11.5 Å². The Hall–Kier alpha value is -2.41. The lowest BCUT2D eigenvalue weighted by molar-refractivity contribution is 0.394. The van der Waals surface area contributed by atoms with Crippen LogP contribution in [0.1, 0.15) is 0 Å². The maximum absolute atomic E-state index is 6.01. The van der Waals surface area contributed by atoms with E-state index in [1.54, 1.807) is 21.3 Å². The highest BCUT2D eigenvalue weighted by Gasteiger charge is 2.07. The predicted molar refractivity (Wildman–Crippen MR) is 93.1 cm³/mol. The molecule has 3 N–H and O–H groups in total. The van der Waals surface area contributed by atoms with Gasteiger partial charge in [0.05, 0.1) is 14.2 Å². The molecule has 23 heavy (non-hydrogen) atoms. The first-order chi connectivity index (χ1) is 11.2. The van der Waals surface area contributed by atoms with E-state index in [2.05, 4.69) is 25.9 Å². The van der Waals surface area contributed by atoms with Gasteiger partial charge in [-0.2, -0.15) is 0 Å². The minimum absolute atomic E-state index is 0.385. The van der Waals surface area contributed by atoms with Gasteiger partial charge in [0.15, 0.2) is 11.0 Å². The van der Waals surface area contributed by atoms with Gasteiger partial charge in [-0.15, -0.1) is 0 Å². The van der Waals surface area contributed by atoms with E-state index < -0.39 is 0 Å². The van der Waals surface area contributed by atoms with E-state index in [1.807, 2.05) is 18.2 Å². The number of ether oxygens (including phenoxy) is 2. The van der Waals surface area contributed by atoms with E-state index in [9.17, 15) is 0 Å². The maximum Gasteiger partial charge on any atom is 0.157 e. The molecule has 0 fully saturated rings. The van der Waals surface area contributed by atoms with Crippen LogP contribution in [0.4, 0.5) is 17.2 Å². The van der Waals surface area contributed by atoms with Crippen molar-refractivity contribution >= 4 is 28.8 Å². The lowest BCUT2D eigenvalue weighted by atomic mass is 10.2. The molecule has 2 aromatic rings. The predicted octanol–water partition coefficient (Wildman–Crippen LogP) is 2.71. The average Bonchev–Trinajstić information content (AvgIpc) is 2.58. The Labute approximate surface area is 140 Å². The fourth-order valence-corrected chi connectivity index (χ4v) is 2.24. The second kappa shape index (κ2) is 8.28. The molecule has 0 saturated heterocycles. The van der Waals surface area contributed by atoms with Crippen LogP contribution in [0.2, 0.25) is 5.15 Å². The number of methoxy groups -OCH3 is 2. The third kappa shape index (κ3) is 4.53. The minimum atomic E-state index is 0.385. The van der Waals surface area contributed by atoms with Crippen molar-refractivity contribution in [2.24, 2.45) is 0 Å². The Kier molecular flexibility index (Phi) is 6.10. The number of anilines is 3. The molecule has 1 aromatic carbocycles. The first kappa shape index (κ1) is 17.0. The number of rotatable bonds is 8. The molecule has 0 aliphatic rings. The number of hydrogen-bond acceptors (Lipinski definition) is 7. The topological polar surface area (TPSA) is 80.3 Å². The summed E-state index contributed by atoms with van der Waals surface area (Å²) in [5.41, 5.74) is 1.59. The molecule has 0 unspecified atom stereocenters. The maximum atomic E-state index is 6.01. The molecule has 0 aliphatic carbocycles. The lowest BCUT2D eigenvalue weighted by Crippen LogP contribution is -2.15. The van der Waals surface area contributed by atoms with Crippen LogP contribution in [0.5, 0.6) is 11.5 Å². The van der Waals surface area contributed by atoms with Crippen molar-refractivity contribution in [2.45, 2.75) is 0 Å². The average molecular weight is 338 g/mol. The van der Waals surface area contributed by atoms with Gasteiger partial charge in [0.2, 0.25) is 0 Å². The van der Waals surface area contributed by atoms with E-state index in [4.69, 9.17) is 21.1 Å². The van der Waals surface area contributed by atoms with Gasteiger partial charge in [-0.1, -0.05) is 11.6 Å². The Balaban J connectivity index is 1.92. The number of nitrogens with zero attached hydrogens (tertiary/aromatic N) is 2. The highest BCUT2D eigenvalue weighted by atomic mass is 35.5. The van der Waals surface area contributed by atoms with Gasteiger partial charge in [-0.05, 0) is 0 Å². The van der Waals surface area contributed by atoms with Gasteiger partial charge < -0.3 is 25.4 Å². The van der Waals surface area contributed by atoms with Crippen molar-refractivity contribution in [2.75, 3.05) is 50.3 Å². The first-order valence-electron chi connectivity index (χ1n) is 7.07. The molecule has 0 amide bonds. The van der Waals surface area contributed by atoms with Crippen LogP contribution in [0.3, 0.4) is 0 Å². The van der Waals surface area contributed by atoms with Crippen molar-refractivity contribution in [1.29, 1.82) is 0 Å². The molecule has 0 spiro atoms. The third-order valence-electron chi connectivity index (χ3n) is 3.15. The van der Waals surface area contributed by atoms with Gasteiger partial charge in [0, 0.05) is 44.0 Å². The fraction of sp³-hybridized carbons (Fsp3) is 0.333. The van der Waals surface area contributed by atoms with Crippen LogP contribution in [-0.2, 0) is 0 Å². The van der Waals surface area contributed by atoms with Gasteiger partial charge in [-0.25, -0.2) is 9.97 Å². The number of aromatic nitrogens is 2. The normalized spacial score (nSPS) is 10.1. The fourth-order valence-electron chi connectivity index (χ4n) is 2.02. The summed E-state index contributed by atoms with van der Waals surface area (Å²) in [4.78, 5) is 8.11. The first-order valence-corrected chi connectivity index (χ1v) is 7.44. The number of hydrogen-bond donors (Lipinski definition) is 3. The van der Waals surface area contributed by atoms with Crippen molar-refractivity contribution in [1.82, 2.24) is 9.97 Å². The molecule has 0 atom stereocenters. The molecule has 2 rings (SSSR count). The van der Waals surface area contributed by atoms with Gasteiger partial charge in [0.1, 0.15) is 23.5 Å². The lowest BCUT2D eigenvalue weighted by Gasteiger charge is -2.13. The smallest absolute Gasteiger partial charge is 0.157 e. The summed E-state index contributed by atoms with van der Waals surface area (Å²) < 4.78 is 10.5. The summed E-state index contributed by atoms with van der Waals surface area (Å²) in [6, 6.07) is 5.64. The molecular formula is C15H20ClN5O2. The SMILES string of the molecule is CNc1c(Cl)ncnc1NCCNc1cc(OC)cc(OC)c1. The highest BCUT2D eigenvalue weighted by Crippen LogP contribution is 2.26. The van der Waals surface area contributed by atoms with E-state index in [1.165, 1.54) is 6.33 Å². The quantitative estimate of drug-likeness (QED) is 0.504. The Bertz CT molecular complexity index is 632. The van der Waals surface area contributed by atoms with Crippen LogP contribution in [0.15, 0.2) is 24.5 Å². The summed E-state index contributed by atoms with van der Waals surface area (Å²) in [6.45, 7) is 1.34. The molecule has 8 heteroatoms. The molecule has 7 nitrogen and oxygen atoms in total. The van der Waals surface area contributed by atoms with Gasteiger partial charge in [0.25, 0.3) is 0 Å². The monoisotopic (exact) mass is 337 g/mol. The minimum Gasteiger partial charge on any atom is -0.497 e. The molecule has 124 valence electrons. The molecule has 1 heterocycles. The summed E-state index contributed by atoms with van der Waals surface area (Å²) >= 11 is 6.01. The zero-order chi connectivity index (χ0) is 16.7. The Morgan fingerprint density at radius 1 is 1.00 bits per heavy atom. The standard InChI is InChI=1S/C15H20ClN5O2/c1-17-13-14(16)20-9-21-15(13)19-5-4-18-10-6-11(22-2)8-12(7-10)23-3/h6-9,17-18H,4-5H2,1-3H3,(H,19,20,21). The second-order valence-corrected chi connectivity index (χ2v) is 4.95. The van der Waals surface area contributed by atoms with Gasteiger partial charge >= 0.3 is 0 Å². The third-order valence-corrected chi connectivity index (χ3v) is 3.44. The van der Waals surface area contributed by atoms with E-state index >= 15 is 0 Å². The van der Waals surface area contributed by atoms with Crippen molar-refractivity contribution in [3.63, 3.8) is 0 Å². The Morgan fingerprint density at radius 3 is 2.26 bits per heavy atom. The van der Waals surface area contributed by atoms with Crippen molar-refractivity contribution < 1.29 is 9.47 Å². The molecule has 0 radical (unpaired) electrons. The van der Waals surface area contributed by atoms with Crippen LogP contribution in [-0.4, -0.2) is 44.3 Å². The van der Waals surface area contributed by atoms with E-state index in [0.29, 0.717) is 29.7 Å². The molecular weight excluding hydrogens is 318 g/mol. The number of halogens is 1.